The van der Waals surface area contributed by atoms with E-state index in [9.17, 15) is 4.79 Å². The van der Waals surface area contributed by atoms with Crippen molar-refractivity contribution >= 4 is 22.0 Å². The van der Waals surface area contributed by atoms with Gasteiger partial charge in [0, 0.05) is 17.4 Å². The molecule has 2 bridgehead atoms. The zero-order chi connectivity index (χ0) is 11.2. The third-order valence-corrected chi connectivity index (χ3v) is 4.47. The van der Waals surface area contributed by atoms with Crippen molar-refractivity contribution in [2.45, 2.75) is 50.1 Å². The van der Waals surface area contributed by atoms with Crippen molar-refractivity contribution < 1.29 is 9.53 Å². The largest absolute Gasteiger partial charge is 0.444 e. The average Bonchev–Trinajstić information content (AvgIpc) is 2.59. The molecule has 2 rings (SSSR count). The Morgan fingerprint density at radius 1 is 1.40 bits per heavy atom. The lowest BCUT2D eigenvalue weighted by molar-refractivity contribution is 0.0192. The minimum absolute atomic E-state index is 0.154. The summed E-state index contributed by atoms with van der Waals surface area (Å²) in [6, 6.07) is 0.352. The average molecular weight is 276 g/mol. The van der Waals surface area contributed by atoms with Crippen molar-refractivity contribution in [3.8, 4) is 0 Å². The van der Waals surface area contributed by atoms with Gasteiger partial charge >= 0.3 is 6.09 Å². The third-order valence-electron chi connectivity index (χ3n) is 3.11. The van der Waals surface area contributed by atoms with Crippen LogP contribution in [0.25, 0.3) is 0 Å². The summed E-state index contributed by atoms with van der Waals surface area (Å²) in [4.78, 5) is 14.2. The van der Waals surface area contributed by atoms with Crippen LogP contribution in [0.1, 0.15) is 33.6 Å². The van der Waals surface area contributed by atoms with Crippen LogP contribution in [-0.4, -0.2) is 34.0 Å². The van der Waals surface area contributed by atoms with Crippen LogP contribution in [0.3, 0.4) is 0 Å². The minimum Gasteiger partial charge on any atom is -0.444 e. The van der Waals surface area contributed by atoms with Gasteiger partial charge in [-0.15, -0.1) is 0 Å². The van der Waals surface area contributed by atoms with Gasteiger partial charge < -0.3 is 9.64 Å². The first-order chi connectivity index (χ1) is 6.88. The first kappa shape index (κ1) is 11.2. The Kier molecular flexibility index (Phi) is 2.73. The Balaban J connectivity index is 1.99. The molecule has 3 nitrogen and oxygen atoms in total. The van der Waals surface area contributed by atoms with E-state index in [2.05, 4.69) is 15.9 Å². The van der Waals surface area contributed by atoms with E-state index in [1.165, 1.54) is 6.42 Å². The third kappa shape index (κ3) is 2.14. The molecule has 86 valence electrons. The summed E-state index contributed by atoms with van der Waals surface area (Å²) < 4.78 is 5.39. The van der Waals surface area contributed by atoms with Crippen LogP contribution in [0.4, 0.5) is 4.79 Å². The smallest absolute Gasteiger partial charge is 0.410 e. The molecule has 1 amide bonds. The van der Waals surface area contributed by atoms with Gasteiger partial charge in [0.25, 0.3) is 0 Å². The molecular formula is C11H18BrNO2. The maximum atomic E-state index is 11.9. The summed E-state index contributed by atoms with van der Waals surface area (Å²) in [5, 5.41) is 0. The lowest BCUT2D eigenvalue weighted by atomic mass is 10.1. The van der Waals surface area contributed by atoms with Gasteiger partial charge in [-0.25, -0.2) is 4.79 Å². The number of halogens is 1. The number of ether oxygens (including phenoxy) is 1. The van der Waals surface area contributed by atoms with E-state index in [4.69, 9.17) is 4.74 Å². The highest BCUT2D eigenvalue weighted by Crippen LogP contribution is 2.42. The zero-order valence-electron chi connectivity index (χ0n) is 9.50. The van der Waals surface area contributed by atoms with Crippen LogP contribution in [0.15, 0.2) is 0 Å². The molecular weight excluding hydrogens is 258 g/mol. The lowest BCUT2D eigenvalue weighted by Gasteiger charge is -2.30. The molecule has 1 heterocycles. The van der Waals surface area contributed by atoms with E-state index in [-0.39, 0.29) is 11.7 Å². The van der Waals surface area contributed by atoms with Crippen LogP contribution < -0.4 is 0 Å². The number of nitrogens with zero attached hydrogens (tertiary/aromatic N) is 1. The number of rotatable bonds is 0. The van der Waals surface area contributed by atoms with Crippen molar-refractivity contribution in [3.05, 3.63) is 0 Å². The minimum atomic E-state index is -0.388. The molecule has 0 N–H and O–H groups in total. The highest BCUT2D eigenvalue weighted by Gasteiger charge is 2.48. The number of alkyl halides is 1. The summed E-state index contributed by atoms with van der Waals surface area (Å²) in [5.74, 6) is 0.627. The summed E-state index contributed by atoms with van der Waals surface area (Å²) >= 11 is 3.67. The topological polar surface area (TPSA) is 29.5 Å². The number of amides is 1. The highest BCUT2D eigenvalue weighted by atomic mass is 79.9. The molecule has 2 fully saturated rings. The summed E-state index contributed by atoms with van der Waals surface area (Å²) in [6.07, 6.45) is 2.19. The summed E-state index contributed by atoms with van der Waals surface area (Å²) in [7, 11) is 0. The van der Waals surface area contributed by atoms with Gasteiger partial charge in [-0.3, -0.25) is 0 Å². The van der Waals surface area contributed by atoms with Gasteiger partial charge in [0.15, 0.2) is 0 Å². The van der Waals surface area contributed by atoms with Crippen LogP contribution in [-0.2, 0) is 4.74 Å². The SMILES string of the molecule is CC(C)(C)OC(=O)N1CC2CCC1C2Br. The van der Waals surface area contributed by atoms with Gasteiger partial charge in [0.1, 0.15) is 5.60 Å². The quantitative estimate of drug-likeness (QED) is 0.637. The molecule has 0 aromatic rings. The van der Waals surface area contributed by atoms with Crippen LogP contribution in [0.5, 0.6) is 0 Å². The van der Waals surface area contributed by atoms with Crippen molar-refractivity contribution in [3.63, 3.8) is 0 Å². The van der Waals surface area contributed by atoms with Gasteiger partial charge in [-0.2, -0.15) is 0 Å². The van der Waals surface area contributed by atoms with E-state index in [0.29, 0.717) is 16.8 Å². The van der Waals surface area contributed by atoms with E-state index in [1.807, 2.05) is 25.7 Å². The van der Waals surface area contributed by atoms with Crippen molar-refractivity contribution in [2.75, 3.05) is 6.54 Å². The predicted molar refractivity (Wildman–Crippen MR) is 62.2 cm³/mol. The first-order valence-electron chi connectivity index (χ1n) is 5.52. The first-order valence-corrected chi connectivity index (χ1v) is 6.44. The molecule has 1 aliphatic carbocycles. The van der Waals surface area contributed by atoms with Gasteiger partial charge in [0.2, 0.25) is 0 Å². The number of carbonyl (C=O) groups excluding carboxylic acids is 1. The molecule has 1 aliphatic heterocycles. The number of fused-ring (bicyclic) bond motifs is 2. The Morgan fingerprint density at radius 3 is 2.47 bits per heavy atom. The predicted octanol–water partition coefficient (Wildman–Crippen LogP) is 2.78. The second-order valence-electron chi connectivity index (χ2n) is 5.48. The molecule has 1 saturated heterocycles. The van der Waals surface area contributed by atoms with E-state index in [0.717, 1.165) is 13.0 Å². The van der Waals surface area contributed by atoms with Crippen molar-refractivity contribution in [1.29, 1.82) is 0 Å². The standard InChI is InChI=1S/C11H18BrNO2/c1-11(2,3)15-10(14)13-6-7-4-5-8(13)9(7)12/h7-9H,4-6H2,1-3H3. The number of hydrogen-bond acceptors (Lipinski definition) is 2. The Hall–Kier alpha value is -0.250. The van der Waals surface area contributed by atoms with E-state index in [1.54, 1.807) is 0 Å². The number of hydrogen-bond donors (Lipinski definition) is 0. The van der Waals surface area contributed by atoms with Gasteiger partial charge in [-0.05, 0) is 39.5 Å². The number of piperidine rings is 1. The fraction of sp³-hybridized carbons (Fsp3) is 0.909. The molecule has 1 saturated carbocycles. The Bertz CT molecular complexity index is 274. The van der Waals surface area contributed by atoms with Crippen LogP contribution in [0, 0.1) is 5.92 Å². The maximum Gasteiger partial charge on any atom is 0.410 e. The van der Waals surface area contributed by atoms with Crippen molar-refractivity contribution in [1.82, 2.24) is 4.90 Å². The molecule has 2 aliphatic rings. The fourth-order valence-corrected chi connectivity index (χ4v) is 3.44. The molecule has 3 atom stereocenters. The summed E-state index contributed by atoms with van der Waals surface area (Å²) in [5.41, 5.74) is -0.388. The van der Waals surface area contributed by atoms with Crippen molar-refractivity contribution in [2.24, 2.45) is 5.92 Å². The zero-order valence-corrected chi connectivity index (χ0v) is 11.1. The highest BCUT2D eigenvalue weighted by molar-refractivity contribution is 9.09. The lowest BCUT2D eigenvalue weighted by Crippen LogP contribution is -2.42. The Morgan fingerprint density at radius 2 is 2.07 bits per heavy atom. The number of likely N-dealkylation sites (tertiary alicyclic amines) is 1. The van der Waals surface area contributed by atoms with Gasteiger partial charge in [-0.1, -0.05) is 15.9 Å². The van der Waals surface area contributed by atoms with E-state index < -0.39 is 0 Å². The molecule has 0 aromatic heterocycles. The number of carbonyl (C=O) groups is 1. The van der Waals surface area contributed by atoms with Crippen LogP contribution >= 0.6 is 15.9 Å². The molecule has 0 radical (unpaired) electrons. The van der Waals surface area contributed by atoms with Gasteiger partial charge in [0.05, 0.1) is 0 Å². The molecule has 15 heavy (non-hydrogen) atoms. The maximum absolute atomic E-state index is 11.9. The van der Waals surface area contributed by atoms with Crippen LogP contribution in [0.2, 0.25) is 0 Å². The molecule has 3 unspecified atom stereocenters. The summed E-state index contributed by atoms with van der Waals surface area (Å²) in [6.45, 7) is 6.58. The fourth-order valence-electron chi connectivity index (χ4n) is 2.46. The monoisotopic (exact) mass is 275 g/mol. The normalized spacial score (nSPS) is 34.7. The second kappa shape index (κ2) is 3.65. The molecule has 0 aromatic carbocycles. The second-order valence-corrected chi connectivity index (χ2v) is 6.54. The Labute approximate surface area is 99.3 Å². The molecule has 0 spiro atoms. The molecule has 4 heteroatoms. The van der Waals surface area contributed by atoms with E-state index >= 15 is 0 Å².